The quantitative estimate of drug-likeness (QED) is 0.435. The molecule has 0 bridgehead atoms. The summed E-state index contributed by atoms with van der Waals surface area (Å²) in [6, 6.07) is 9.96. The Hall–Kier alpha value is -2.10. The molecule has 0 unspecified atom stereocenters. The van der Waals surface area contributed by atoms with Crippen molar-refractivity contribution < 1.29 is 14.3 Å². The van der Waals surface area contributed by atoms with E-state index in [0.29, 0.717) is 13.1 Å². The topological polar surface area (TPSA) is 46.6 Å². The molecule has 0 saturated carbocycles. The number of esters is 1. The molecular formula is C16H21NO3. The van der Waals surface area contributed by atoms with Crippen LogP contribution >= 0.6 is 0 Å². The number of carbonyl (C=O) groups is 2. The van der Waals surface area contributed by atoms with Crippen LogP contribution in [0.25, 0.3) is 0 Å². The van der Waals surface area contributed by atoms with Crippen LogP contribution in [0.3, 0.4) is 0 Å². The zero-order chi connectivity index (χ0) is 14.8. The maximum atomic E-state index is 12.0. The molecule has 0 fully saturated rings. The average Bonchev–Trinajstić information content (AvgIpc) is 2.48. The van der Waals surface area contributed by atoms with Gasteiger partial charge in [0.25, 0.3) is 0 Å². The van der Waals surface area contributed by atoms with Crippen molar-refractivity contribution in [3.63, 3.8) is 0 Å². The summed E-state index contributed by atoms with van der Waals surface area (Å²) in [5.41, 5.74) is 1.17. The maximum Gasteiger partial charge on any atom is 0.315 e. The lowest BCUT2D eigenvalue weighted by molar-refractivity contribution is -0.146. The van der Waals surface area contributed by atoms with E-state index in [2.05, 4.69) is 4.74 Å². The molecule has 108 valence electrons. The summed E-state index contributed by atoms with van der Waals surface area (Å²) in [7, 11) is 1.29. The van der Waals surface area contributed by atoms with Crippen molar-refractivity contribution in [2.45, 2.75) is 19.8 Å². The molecule has 0 N–H and O–H groups in total. The summed E-state index contributed by atoms with van der Waals surface area (Å²) in [6.45, 7) is 3.00. The lowest BCUT2D eigenvalue weighted by Gasteiger charge is -2.20. The first-order valence-electron chi connectivity index (χ1n) is 6.67. The normalized spacial score (nSPS) is 10.5. The van der Waals surface area contributed by atoms with Crippen molar-refractivity contribution >= 4 is 11.9 Å². The van der Waals surface area contributed by atoms with Gasteiger partial charge in [-0.2, -0.15) is 0 Å². The molecule has 1 aromatic carbocycles. The van der Waals surface area contributed by atoms with Gasteiger partial charge in [0.2, 0.25) is 5.91 Å². The summed E-state index contributed by atoms with van der Waals surface area (Å²) in [6.07, 6.45) is 4.36. The van der Waals surface area contributed by atoms with Gasteiger partial charge in [-0.25, -0.2) is 0 Å². The van der Waals surface area contributed by atoms with E-state index in [4.69, 9.17) is 0 Å². The second-order valence-electron chi connectivity index (χ2n) is 4.40. The molecule has 0 aromatic heterocycles. The highest BCUT2D eigenvalue weighted by Gasteiger charge is 2.16. The lowest BCUT2D eigenvalue weighted by Crippen LogP contribution is -2.34. The van der Waals surface area contributed by atoms with E-state index in [1.165, 1.54) is 12.7 Å². The molecule has 1 aromatic rings. The number of hydrogen-bond donors (Lipinski definition) is 0. The fraction of sp³-hybridized carbons (Fsp3) is 0.375. The highest BCUT2D eigenvalue weighted by molar-refractivity contribution is 5.94. The Morgan fingerprint density at radius 2 is 1.95 bits per heavy atom. The van der Waals surface area contributed by atoms with Crippen LogP contribution in [0.5, 0.6) is 0 Å². The van der Waals surface area contributed by atoms with Crippen LogP contribution in [-0.4, -0.2) is 37.0 Å². The molecule has 0 aliphatic rings. The van der Waals surface area contributed by atoms with E-state index in [-0.39, 0.29) is 12.3 Å². The number of ether oxygens (including phenoxy) is 1. The molecule has 4 nitrogen and oxygen atoms in total. The van der Waals surface area contributed by atoms with Gasteiger partial charge in [0.15, 0.2) is 0 Å². The predicted molar refractivity (Wildman–Crippen MR) is 78.2 cm³/mol. The van der Waals surface area contributed by atoms with E-state index in [1.54, 1.807) is 4.90 Å². The highest BCUT2D eigenvalue weighted by atomic mass is 16.5. The minimum atomic E-state index is -0.500. The minimum absolute atomic E-state index is 0.203. The SMILES string of the molecule is C/C=C/CN(CCc1ccccc1)C(=O)CC(=O)OC. The van der Waals surface area contributed by atoms with Gasteiger partial charge < -0.3 is 9.64 Å². The van der Waals surface area contributed by atoms with Crippen LogP contribution in [0.4, 0.5) is 0 Å². The Morgan fingerprint density at radius 3 is 2.55 bits per heavy atom. The number of carbonyl (C=O) groups excluding carboxylic acids is 2. The first-order chi connectivity index (χ1) is 9.67. The van der Waals surface area contributed by atoms with Crippen LogP contribution in [0.2, 0.25) is 0 Å². The smallest absolute Gasteiger partial charge is 0.315 e. The molecular weight excluding hydrogens is 254 g/mol. The van der Waals surface area contributed by atoms with Gasteiger partial charge in [0.05, 0.1) is 7.11 Å². The highest BCUT2D eigenvalue weighted by Crippen LogP contribution is 2.04. The van der Waals surface area contributed by atoms with Crippen LogP contribution in [-0.2, 0) is 20.7 Å². The van der Waals surface area contributed by atoms with Crippen molar-refractivity contribution in [2.75, 3.05) is 20.2 Å². The molecule has 0 radical (unpaired) electrons. The second-order valence-corrected chi connectivity index (χ2v) is 4.40. The van der Waals surface area contributed by atoms with Crippen molar-refractivity contribution in [1.82, 2.24) is 4.90 Å². The standard InChI is InChI=1S/C16H21NO3/c1-3-4-11-17(15(18)13-16(19)20-2)12-10-14-8-6-5-7-9-14/h3-9H,10-13H2,1-2H3/b4-3+. The number of rotatable bonds is 7. The number of allylic oxidation sites excluding steroid dienone is 1. The Balaban J connectivity index is 2.59. The first kappa shape index (κ1) is 16.0. The van der Waals surface area contributed by atoms with Gasteiger partial charge in [-0.05, 0) is 18.9 Å². The van der Waals surface area contributed by atoms with Gasteiger partial charge in [0, 0.05) is 13.1 Å². The average molecular weight is 275 g/mol. The predicted octanol–water partition coefficient (Wildman–Crippen LogP) is 2.20. The van der Waals surface area contributed by atoms with Gasteiger partial charge in [0.1, 0.15) is 6.42 Å². The number of methoxy groups -OCH3 is 1. The van der Waals surface area contributed by atoms with Gasteiger partial charge in [-0.15, -0.1) is 0 Å². The lowest BCUT2D eigenvalue weighted by atomic mass is 10.1. The van der Waals surface area contributed by atoms with E-state index < -0.39 is 5.97 Å². The number of amides is 1. The van der Waals surface area contributed by atoms with E-state index in [1.807, 2.05) is 49.4 Å². The molecule has 0 aliphatic heterocycles. The fourth-order valence-corrected chi connectivity index (χ4v) is 1.77. The van der Waals surface area contributed by atoms with Crippen LogP contribution in [0, 0.1) is 0 Å². The van der Waals surface area contributed by atoms with Gasteiger partial charge in [-0.1, -0.05) is 42.5 Å². The van der Waals surface area contributed by atoms with Crippen LogP contribution < -0.4 is 0 Å². The van der Waals surface area contributed by atoms with Gasteiger partial charge in [-0.3, -0.25) is 9.59 Å². The summed E-state index contributed by atoms with van der Waals surface area (Å²) >= 11 is 0. The molecule has 0 aliphatic carbocycles. The van der Waals surface area contributed by atoms with E-state index >= 15 is 0 Å². The van der Waals surface area contributed by atoms with Crippen molar-refractivity contribution in [3.05, 3.63) is 48.0 Å². The second kappa shape index (κ2) is 8.91. The third-order valence-corrected chi connectivity index (χ3v) is 2.95. The van der Waals surface area contributed by atoms with E-state index in [0.717, 1.165) is 6.42 Å². The molecule has 0 saturated heterocycles. The summed E-state index contributed by atoms with van der Waals surface area (Å²) in [5.74, 6) is -0.703. The molecule has 20 heavy (non-hydrogen) atoms. The van der Waals surface area contributed by atoms with Gasteiger partial charge >= 0.3 is 5.97 Å². The number of benzene rings is 1. The molecule has 0 atom stereocenters. The Labute approximate surface area is 120 Å². The third-order valence-electron chi connectivity index (χ3n) is 2.95. The van der Waals surface area contributed by atoms with Crippen molar-refractivity contribution in [2.24, 2.45) is 0 Å². The molecule has 1 amide bonds. The Morgan fingerprint density at radius 1 is 1.25 bits per heavy atom. The summed E-state index contributed by atoms with van der Waals surface area (Å²) in [4.78, 5) is 24.9. The largest absolute Gasteiger partial charge is 0.469 e. The maximum absolute atomic E-state index is 12.0. The van der Waals surface area contributed by atoms with Crippen molar-refractivity contribution in [3.8, 4) is 0 Å². The molecule has 1 rings (SSSR count). The minimum Gasteiger partial charge on any atom is -0.469 e. The number of hydrogen-bond acceptors (Lipinski definition) is 3. The molecule has 0 heterocycles. The Kier molecular flexibility index (Phi) is 7.11. The zero-order valence-corrected chi connectivity index (χ0v) is 12.0. The van der Waals surface area contributed by atoms with E-state index in [9.17, 15) is 9.59 Å². The summed E-state index contributed by atoms with van der Waals surface area (Å²) < 4.78 is 4.53. The van der Waals surface area contributed by atoms with Crippen LogP contribution in [0.1, 0.15) is 18.9 Å². The fourth-order valence-electron chi connectivity index (χ4n) is 1.77. The molecule has 0 spiro atoms. The monoisotopic (exact) mass is 275 g/mol. The first-order valence-corrected chi connectivity index (χ1v) is 6.67. The molecule has 4 heteroatoms. The zero-order valence-electron chi connectivity index (χ0n) is 12.0. The number of nitrogens with zero attached hydrogens (tertiary/aromatic N) is 1. The third kappa shape index (κ3) is 5.69. The summed E-state index contributed by atoms with van der Waals surface area (Å²) in [5, 5.41) is 0. The Bertz CT molecular complexity index is 454. The van der Waals surface area contributed by atoms with Crippen LogP contribution in [0.15, 0.2) is 42.5 Å². The van der Waals surface area contributed by atoms with Crippen molar-refractivity contribution in [1.29, 1.82) is 0 Å².